The van der Waals surface area contributed by atoms with Gasteiger partial charge in [-0.2, -0.15) is 0 Å². The Bertz CT molecular complexity index is 701. The predicted molar refractivity (Wildman–Crippen MR) is 96.6 cm³/mol. The summed E-state index contributed by atoms with van der Waals surface area (Å²) in [6.45, 7) is 3.75. The molecule has 4 rings (SSSR count). The molecule has 0 unspecified atom stereocenters. The molecule has 2 aliphatic rings. The van der Waals surface area contributed by atoms with Crippen molar-refractivity contribution >= 4 is 11.6 Å². The second-order valence-corrected chi connectivity index (χ2v) is 6.78. The van der Waals surface area contributed by atoms with E-state index in [1.54, 1.807) is 11.2 Å². The van der Waals surface area contributed by atoms with Crippen molar-refractivity contribution in [1.82, 2.24) is 4.90 Å². The van der Waals surface area contributed by atoms with Crippen LogP contribution in [0.15, 0.2) is 53.1 Å². The van der Waals surface area contributed by atoms with Crippen LogP contribution in [0.2, 0.25) is 0 Å². The Morgan fingerprint density at radius 1 is 1.04 bits per heavy atom. The van der Waals surface area contributed by atoms with E-state index in [4.69, 9.17) is 13.9 Å². The van der Waals surface area contributed by atoms with Crippen LogP contribution in [-0.4, -0.2) is 49.4 Å². The van der Waals surface area contributed by atoms with Gasteiger partial charge in [-0.3, -0.25) is 9.69 Å². The molecule has 2 aliphatic heterocycles. The van der Waals surface area contributed by atoms with Gasteiger partial charge in [0, 0.05) is 31.6 Å². The molecule has 6 nitrogen and oxygen atoms in total. The van der Waals surface area contributed by atoms with Crippen molar-refractivity contribution in [3.63, 3.8) is 0 Å². The molecule has 1 aromatic carbocycles. The maximum atomic E-state index is 13.0. The number of carbonyl (C=O) groups is 1. The van der Waals surface area contributed by atoms with Crippen LogP contribution in [0.5, 0.6) is 0 Å². The number of nitrogens with zero attached hydrogens (tertiary/aromatic N) is 2. The van der Waals surface area contributed by atoms with E-state index in [9.17, 15) is 4.79 Å². The maximum Gasteiger partial charge on any atom is 0.241 e. The first kappa shape index (κ1) is 17.3. The number of rotatable bonds is 5. The van der Waals surface area contributed by atoms with E-state index in [0.717, 1.165) is 37.4 Å². The molecule has 0 atom stereocenters. The van der Waals surface area contributed by atoms with Crippen LogP contribution in [0.1, 0.15) is 18.6 Å². The Morgan fingerprint density at radius 3 is 2.42 bits per heavy atom. The first-order valence-corrected chi connectivity index (χ1v) is 9.12. The second-order valence-electron chi connectivity index (χ2n) is 6.78. The molecule has 2 fully saturated rings. The van der Waals surface area contributed by atoms with Gasteiger partial charge in [-0.25, -0.2) is 0 Å². The Morgan fingerprint density at radius 2 is 1.77 bits per heavy atom. The van der Waals surface area contributed by atoms with Crippen molar-refractivity contribution in [3.05, 3.63) is 54.5 Å². The van der Waals surface area contributed by atoms with Crippen LogP contribution < -0.4 is 4.90 Å². The lowest BCUT2D eigenvalue weighted by molar-refractivity contribution is -0.185. The van der Waals surface area contributed by atoms with E-state index in [1.165, 1.54) is 0 Å². The minimum Gasteiger partial charge on any atom is -0.467 e. The number of anilines is 1. The number of piperidine rings is 1. The zero-order valence-electron chi connectivity index (χ0n) is 14.8. The molecule has 1 spiro atoms. The molecule has 0 radical (unpaired) electrons. The number of hydrogen-bond acceptors (Lipinski definition) is 5. The summed E-state index contributed by atoms with van der Waals surface area (Å²) >= 11 is 0. The van der Waals surface area contributed by atoms with Gasteiger partial charge in [0.2, 0.25) is 5.91 Å². The average Bonchev–Trinajstić information content (AvgIpc) is 3.35. The number of hydrogen-bond donors (Lipinski definition) is 0. The molecular weight excluding hydrogens is 332 g/mol. The van der Waals surface area contributed by atoms with E-state index in [1.807, 2.05) is 42.5 Å². The minimum atomic E-state index is -0.410. The van der Waals surface area contributed by atoms with Gasteiger partial charge in [0.05, 0.1) is 32.6 Å². The summed E-state index contributed by atoms with van der Waals surface area (Å²) in [5.74, 6) is 0.427. The highest BCUT2D eigenvalue weighted by molar-refractivity contribution is 5.94. The van der Waals surface area contributed by atoms with E-state index >= 15 is 0 Å². The normalized spacial score (nSPS) is 19.7. The predicted octanol–water partition coefficient (Wildman–Crippen LogP) is 2.65. The van der Waals surface area contributed by atoms with Crippen molar-refractivity contribution in [2.75, 3.05) is 37.7 Å². The largest absolute Gasteiger partial charge is 0.467 e. The lowest BCUT2D eigenvalue weighted by atomic mass is 10.0. The minimum absolute atomic E-state index is 0.0665. The van der Waals surface area contributed by atoms with Gasteiger partial charge < -0.3 is 18.8 Å². The zero-order valence-corrected chi connectivity index (χ0v) is 14.8. The monoisotopic (exact) mass is 356 g/mol. The van der Waals surface area contributed by atoms with Gasteiger partial charge in [0.25, 0.3) is 0 Å². The van der Waals surface area contributed by atoms with Crippen molar-refractivity contribution in [3.8, 4) is 0 Å². The highest BCUT2D eigenvalue weighted by atomic mass is 16.7. The summed E-state index contributed by atoms with van der Waals surface area (Å²) in [5.41, 5.74) is 0.879. The van der Waals surface area contributed by atoms with E-state index < -0.39 is 5.79 Å². The highest BCUT2D eigenvalue weighted by Gasteiger charge is 2.40. The molecule has 26 heavy (non-hydrogen) atoms. The first-order valence-electron chi connectivity index (χ1n) is 9.12. The Balaban J connectivity index is 1.41. The third kappa shape index (κ3) is 3.82. The van der Waals surface area contributed by atoms with Crippen LogP contribution in [0.3, 0.4) is 0 Å². The molecule has 138 valence electrons. The molecular formula is C20H24N2O4. The fourth-order valence-corrected chi connectivity index (χ4v) is 3.60. The van der Waals surface area contributed by atoms with Gasteiger partial charge in [0.1, 0.15) is 5.76 Å². The third-order valence-electron chi connectivity index (χ3n) is 5.05. The molecule has 1 amide bonds. The molecule has 0 saturated carbocycles. The molecule has 1 aromatic heterocycles. The molecule has 2 aromatic rings. The van der Waals surface area contributed by atoms with E-state index in [0.29, 0.717) is 26.3 Å². The average molecular weight is 356 g/mol. The topological polar surface area (TPSA) is 55.2 Å². The number of carbonyl (C=O) groups excluding carboxylic acids is 1. The number of benzene rings is 1. The van der Waals surface area contributed by atoms with Gasteiger partial charge in [0.15, 0.2) is 5.79 Å². The molecule has 3 heterocycles. The quantitative estimate of drug-likeness (QED) is 0.824. The van der Waals surface area contributed by atoms with Crippen LogP contribution in [0.25, 0.3) is 0 Å². The van der Waals surface area contributed by atoms with E-state index in [2.05, 4.69) is 4.90 Å². The van der Waals surface area contributed by atoms with Crippen LogP contribution >= 0.6 is 0 Å². The lowest BCUT2D eigenvalue weighted by Gasteiger charge is -2.37. The van der Waals surface area contributed by atoms with Gasteiger partial charge in [-0.15, -0.1) is 0 Å². The number of para-hydroxylation sites is 1. The lowest BCUT2D eigenvalue weighted by Crippen LogP contribution is -2.48. The Kier molecular flexibility index (Phi) is 5.06. The number of ether oxygens (including phenoxy) is 2. The number of furan rings is 1. The van der Waals surface area contributed by atoms with Crippen molar-refractivity contribution < 1.29 is 18.7 Å². The van der Waals surface area contributed by atoms with Crippen LogP contribution in [-0.2, 0) is 20.8 Å². The fraction of sp³-hybridized carbons (Fsp3) is 0.450. The molecule has 6 heteroatoms. The van der Waals surface area contributed by atoms with Crippen molar-refractivity contribution in [1.29, 1.82) is 0 Å². The summed E-state index contributed by atoms with van der Waals surface area (Å²) in [4.78, 5) is 17.0. The summed E-state index contributed by atoms with van der Waals surface area (Å²) in [6.07, 6.45) is 3.25. The summed E-state index contributed by atoms with van der Waals surface area (Å²) in [6, 6.07) is 13.5. The van der Waals surface area contributed by atoms with Crippen molar-refractivity contribution in [2.24, 2.45) is 0 Å². The third-order valence-corrected chi connectivity index (χ3v) is 5.05. The van der Waals surface area contributed by atoms with Crippen LogP contribution in [0.4, 0.5) is 5.69 Å². The van der Waals surface area contributed by atoms with E-state index in [-0.39, 0.29) is 5.91 Å². The Labute approximate surface area is 153 Å². The number of amides is 1. The summed E-state index contributed by atoms with van der Waals surface area (Å²) in [7, 11) is 0. The first-order chi connectivity index (χ1) is 12.7. The SMILES string of the molecule is O=C(CN1CCC2(CC1)OCCO2)N(Cc1ccco1)c1ccccc1. The highest BCUT2D eigenvalue weighted by Crippen LogP contribution is 2.31. The van der Waals surface area contributed by atoms with Crippen LogP contribution in [0, 0.1) is 0 Å². The zero-order chi connectivity index (χ0) is 17.8. The maximum absolute atomic E-state index is 13.0. The fourth-order valence-electron chi connectivity index (χ4n) is 3.60. The Hall–Kier alpha value is -2.15. The smallest absolute Gasteiger partial charge is 0.241 e. The second kappa shape index (κ2) is 7.61. The molecule has 2 saturated heterocycles. The molecule has 0 bridgehead atoms. The summed E-state index contributed by atoms with van der Waals surface area (Å²) in [5, 5.41) is 0. The summed E-state index contributed by atoms with van der Waals surface area (Å²) < 4.78 is 17.0. The van der Waals surface area contributed by atoms with Gasteiger partial charge in [-0.1, -0.05) is 18.2 Å². The molecule has 0 N–H and O–H groups in total. The number of likely N-dealkylation sites (tertiary alicyclic amines) is 1. The van der Waals surface area contributed by atoms with Crippen molar-refractivity contribution in [2.45, 2.75) is 25.2 Å². The van der Waals surface area contributed by atoms with Gasteiger partial charge >= 0.3 is 0 Å². The molecule has 0 aliphatic carbocycles. The standard InChI is InChI=1S/C20H24N2O4/c23-19(16-21-10-8-20(9-11-21)25-13-14-26-20)22(15-18-7-4-12-24-18)17-5-2-1-3-6-17/h1-7,12H,8-11,13-16H2. The van der Waals surface area contributed by atoms with Gasteiger partial charge in [-0.05, 0) is 24.3 Å².